The van der Waals surface area contributed by atoms with E-state index in [4.69, 9.17) is 0 Å². The van der Waals surface area contributed by atoms with Crippen LogP contribution in [0.25, 0.3) is 0 Å². The van der Waals surface area contributed by atoms with E-state index in [2.05, 4.69) is 9.56 Å². The lowest BCUT2D eigenvalue weighted by molar-refractivity contribution is 0.560. The monoisotopic (exact) mass is 150 g/mol. The van der Waals surface area contributed by atoms with Crippen molar-refractivity contribution in [3.05, 3.63) is 24.5 Å². The Hall–Kier alpha value is -1.34. The van der Waals surface area contributed by atoms with E-state index in [9.17, 15) is 4.79 Å². The maximum Gasteiger partial charge on any atom is 0.234 e. The van der Waals surface area contributed by atoms with Crippen LogP contribution in [0.15, 0.2) is 29.5 Å². The Morgan fingerprint density at radius 1 is 1.36 bits per heavy atom. The van der Waals surface area contributed by atoms with E-state index in [1.54, 1.807) is 0 Å². The Balaban J connectivity index is 2.18. The second kappa shape index (κ2) is 4.47. The highest BCUT2D eigenvalue weighted by atomic mass is 16.1. The molecule has 58 valence electrons. The third-order valence-electron chi connectivity index (χ3n) is 1.42. The average Bonchev–Trinajstić information content (AvgIpc) is 2.50. The van der Waals surface area contributed by atoms with Crippen LogP contribution in [0.5, 0.6) is 0 Å². The predicted molar refractivity (Wildman–Crippen MR) is 42.0 cm³/mol. The zero-order valence-corrected chi connectivity index (χ0v) is 6.23. The summed E-state index contributed by atoms with van der Waals surface area (Å²) in [5.41, 5.74) is 0. The minimum Gasteiger partial charge on any atom is -0.354 e. The van der Waals surface area contributed by atoms with Gasteiger partial charge in [-0.1, -0.05) is 0 Å². The molecule has 11 heavy (non-hydrogen) atoms. The molecule has 0 saturated heterocycles. The van der Waals surface area contributed by atoms with E-state index in [0.717, 1.165) is 13.0 Å². The van der Waals surface area contributed by atoms with Gasteiger partial charge >= 0.3 is 0 Å². The molecule has 0 N–H and O–H groups in total. The summed E-state index contributed by atoms with van der Waals surface area (Å²) in [5, 5.41) is 0. The van der Waals surface area contributed by atoms with Crippen molar-refractivity contribution in [2.75, 3.05) is 6.54 Å². The van der Waals surface area contributed by atoms with E-state index >= 15 is 0 Å². The number of nitrogens with zero attached hydrogens (tertiary/aromatic N) is 2. The number of isocyanates is 1. The third-order valence-corrected chi connectivity index (χ3v) is 1.42. The summed E-state index contributed by atoms with van der Waals surface area (Å²) in [5.74, 6) is 0. The smallest absolute Gasteiger partial charge is 0.234 e. The van der Waals surface area contributed by atoms with Crippen LogP contribution in [0.4, 0.5) is 0 Å². The molecule has 0 saturated carbocycles. The fraction of sp³-hybridized carbons (Fsp3) is 0.375. The minimum atomic E-state index is 0.571. The molecule has 0 aromatic carbocycles. The Labute approximate surface area is 65.4 Å². The third kappa shape index (κ3) is 2.83. The second-order valence-electron chi connectivity index (χ2n) is 2.25. The largest absolute Gasteiger partial charge is 0.354 e. The molecule has 1 aromatic heterocycles. The zero-order chi connectivity index (χ0) is 7.94. The first kappa shape index (κ1) is 7.76. The van der Waals surface area contributed by atoms with E-state index in [1.165, 1.54) is 6.08 Å². The van der Waals surface area contributed by atoms with Crippen LogP contribution in [-0.2, 0) is 11.3 Å². The number of hydrogen-bond acceptors (Lipinski definition) is 2. The van der Waals surface area contributed by atoms with Crippen LogP contribution in [0.3, 0.4) is 0 Å². The summed E-state index contributed by atoms with van der Waals surface area (Å²) >= 11 is 0. The lowest BCUT2D eigenvalue weighted by atomic mass is 10.4. The first-order chi connectivity index (χ1) is 5.43. The van der Waals surface area contributed by atoms with Crippen molar-refractivity contribution in [1.82, 2.24) is 4.57 Å². The standard InChI is InChI=1S/C8H10N2O/c11-8-9-4-3-7-10-5-1-2-6-10/h1-2,5-6H,3-4,7H2. The summed E-state index contributed by atoms with van der Waals surface area (Å²) < 4.78 is 2.06. The molecule has 0 aliphatic carbocycles. The number of aromatic nitrogens is 1. The van der Waals surface area contributed by atoms with E-state index < -0.39 is 0 Å². The summed E-state index contributed by atoms with van der Waals surface area (Å²) in [7, 11) is 0. The van der Waals surface area contributed by atoms with Crippen molar-refractivity contribution in [3.63, 3.8) is 0 Å². The molecule has 0 atom stereocenters. The van der Waals surface area contributed by atoms with Crippen LogP contribution in [0.1, 0.15) is 6.42 Å². The maximum atomic E-state index is 9.67. The molecule has 3 nitrogen and oxygen atoms in total. The van der Waals surface area contributed by atoms with Gasteiger partial charge in [0.05, 0.1) is 6.54 Å². The Morgan fingerprint density at radius 2 is 2.09 bits per heavy atom. The quantitative estimate of drug-likeness (QED) is 0.361. The number of carbonyl (C=O) groups excluding carboxylic acids is 1. The van der Waals surface area contributed by atoms with E-state index in [1.807, 2.05) is 24.5 Å². The summed E-state index contributed by atoms with van der Waals surface area (Å²) in [4.78, 5) is 13.1. The minimum absolute atomic E-state index is 0.571. The molecule has 1 heterocycles. The molecule has 0 fully saturated rings. The van der Waals surface area contributed by atoms with E-state index in [0.29, 0.717) is 6.54 Å². The molecule has 1 rings (SSSR count). The van der Waals surface area contributed by atoms with Crippen molar-refractivity contribution in [2.45, 2.75) is 13.0 Å². The fourth-order valence-corrected chi connectivity index (χ4v) is 0.897. The highest BCUT2D eigenvalue weighted by molar-refractivity contribution is 5.32. The number of hydrogen-bond donors (Lipinski definition) is 0. The molecule has 0 unspecified atom stereocenters. The molecular weight excluding hydrogens is 140 g/mol. The SMILES string of the molecule is O=C=NCCCn1cccc1. The number of aliphatic imine (C=N–C) groups is 1. The topological polar surface area (TPSA) is 34.4 Å². The molecule has 0 bridgehead atoms. The van der Waals surface area contributed by atoms with Crippen LogP contribution >= 0.6 is 0 Å². The van der Waals surface area contributed by atoms with Crippen LogP contribution in [-0.4, -0.2) is 17.2 Å². The van der Waals surface area contributed by atoms with Gasteiger partial charge < -0.3 is 4.57 Å². The van der Waals surface area contributed by atoms with Gasteiger partial charge in [-0.2, -0.15) is 0 Å². The van der Waals surface area contributed by atoms with E-state index in [-0.39, 0.29) is 0 Å². The summed E-state index contributed by atoms with van der Waals surface area (Å²) in [6, 6.07) is 3.95. The Morgan fingerprint density at radius 3 is 2.73 bits per heavy atom. The Kier molecular flexibility index (Phi) is 3.16. The van der Waals surface area contributed by atoms with Gasteiger partial charge in [-0.3, -0.25) is 0 Å². The van der Waals surface area contributed by atoms with Crippen LogP contribution in [0, 0.1) is 0 Å². The van der Waals surface area contributed by atoms with Gasteiger partial charge in [0, 0.05) is 18.9 Å². The van der Waals surface area contributed by atoms with Crippen LogP contribution < -0.4 is 0 Å². The second-order valence-corrected chi connectivity index (χ2v) is 2.25. The average molecular weight is 150 g/mol. The molecule has 0 aliphatic rings. The van der Waals surface area contributed by atoms with Gasteiger partial charge in [0.1, 0.15) is 0 Å². The van der Waals surface area contributed by atoms with Gasteiger partial charge in [0.15, 0.2) is 0 Å². The molecule has 0 spiro atoms. The first-order valence-electron chi connectivity index (χ1n) is 3.58. The van der Waals surface area contributed by atoms with Crippen molar-refractivity contribution in [3.8, 4) is 0 Å². The van der Waals surface area contributed by atoms with Gasteiger partial charge in [0.2, 0.25) is 6.08 Å². The van der Waals surface area contributed by atoms with Crippen molar-refractivity contribution in [2.24, 2.45) is 4.99 Å². The lowest BCUT2D eigenvalue weighted by Crippen LogP contribution is -1.95. The van der Waals surface area contributed by atoms with Gasteiger partial charge in [-0.15, -0.1) is 0 Å². The number of aryl methyl sites for hydroxylation is 1. The lowest BCUT2D eigenvalue weighted by Gasteiger charge is -1.97. The molecule has 0 aliphatic heterocycles. The zero-order valence-electron chi connectivity index (χ0n) is 6.23. The Bertz CT molecular complexity index is 235. The maximum absolute atomic E-state index is 9.67. The molecule has 0 amide bonds. The normalized spacial score (nSPS) is 9.09. The van der Waals surface area contributed by atoms with Gasteiger partial charge in [-0.25, -0.2) is 9.79 Å². The van der Waals surface area contributed by atoms with Crippen molar-refractivity contribution in [1.29, 1.82) is 0 Å². The summed E-state index contributed by atoms with van der Waals surface area (Å²) in [6.07, 6.45) is 6.39. The van der Waals surface area contributed by atoms with Crippen molar-refractivity contribution >= 4 is 6.08 Å². The fourth-order valence-electron chi connectivity index (χ4n) is 0.897. The summed E-state index contributed by atoms with van der Waals surface area (Å²) in [6.45, 7) is 1.49. The highest BCUT2D eigenvalue weighted by Gasteiger charge is 1.86. The highest BCUT2D eigenvalue weighted by Crippen LogP contribution is 1.92. The molecular formula is C8H10N2O. The molecule has 3 heteroatoms. The van der Waals surface area contributed by atoms with Gasteiger partial charge in [-0.05, 0) is 18.6 Å². The van der Waals surface area contributed by atoms with Crippen LogP contribution in [0.2, 0.25) is 0 Å². The first-order valence-corrected chi connectivity index (χ1v) is 3.58. The van der Waals surface area contributed by atoms with Gasteiger partial charge in [0.25, 0.3) is 0 Å². The predicted octanol–water partition coefficient (Wildman–Crippen LogP) is 1.21. The molecule has 1 aromatic rings. The van der Waals surface area contributed by atoms with Crippen molar-refractivity contribution < 1.29 is 4.79 Å². The molecule has 0 radical (unpaired) electrons. The number of rotatable bonds is 4.